The van der Waals surface area contributed by atoms with E-state index in [-0.39, 0.29) is 0 Å². The van der Waals surface area contributed by atoms with Gasteiger partial charge >= 0.3 is 0 Å². The lowest BCUT2D eigenvalue weighted by atomic mass is 10.1. The first-order valence-electron chi connectivity index (χ1n) is 5.37. The molecule has 1 aromatic carbocycles. The molecule has 1 aliphatic heterocycles. The Kier molecular flexibility index (Phi) is 2.84. The zero-order valence-corrected chi connectivity index (χ0v) is 8.98. The lowest BCUT2D eigenvalue weighted by Gasteiger charge is -2.19. The molecule has 0 unspecified atom stereocenters. The van der Waals surface area contributed by atoms with Gasteiger partial charge in [-0.25, -0.2) is 0 Å². The lowest BCUT2D eigenvalue weighted by Crippen LogP contribution is -2.21. The second-order valence-corrected chi connectivity index (χ2v) is 3.82. The van der Waals surface area contributed by atoms with Crippen LogP contribution in [0.1, 0.15) is 18.9 Å². The van der Waals surface area contributed by atoms with Crippen molar-refractivity contribution >= 4 is 11.4 Å². The Morgan fingerprint density at radius 1 is 1.40 bits per heavy atom. The van der Waals surface area contributed by atoms with Gasteiger partial charge in [0.2, 0.25) is 0 Å². The molecule has 2 rings (SSSR count). The molecule has 3 nitrogen and oxygen atoms in total. The predicted octanol–water partition coefficient (Wildman–Crippen LogP) is 2.13. The van der Waals surface area contributed by atoms with Gasteiger partial charge in [0.05, 0.1) is 6.42 Å². The highest BCUT2D eigenvalue weighted by molar-refractivity contribution is 5.87. The first kappa shape index (κ1) is 9.94. The van der Waals surface area contributed by atoms with Crippen LogP contribution >= 0.6 is 0 Å². The van der Waals surface area contributed by atoms with Crippen molar-refractivity contribution in [1.82, 2.24) is 0 Å². The minimum Gasteiger partial charge on any atom is -0.362 e. The third kappa shape index (κ3) is 1.92. The fourth-order valence-corrected chi connectivity index (χ4v) is 2.05. The van der Waals surface area contributed by atoms with Gasteiger partial charge in [0, 0.05) is 12.2 Å². The van der Waals surface area contributed by atoms with Gasteiger partial charge in [0.1, 0.15) is 6.54 Å². The van der Waals surface area contributed by atoms with Gasteiger partial charge in [-0.2, -0.15) is 4.79 Å². The van der Waals surface area contributed by atoms with Gasteiger partial charge in [-0.3, -0.25) is 0 Å². The predicted molar refractivity (Wildman–Crippen MR) is 61.3 cm³/mol. The van der Waals surface area contributed by atoms with Crippen LogP contribution in [0.2, 0.25) is 0 Å². The van der Waals surface area contributed by atoms with Gasteiger partial charge in [-0.1, -0.05) is 25.1 Å². The molecule has 3 heteroatoms. The van der Waals surface area contributed by atoms with E-state index in [2.05, 4.69) is 40.9 Å². The quantitative estimate of drug-likeness (QED) is 0.533. The van der Waals surface area contributed by atoms with Crippen LogP contribution in [0.15, 0.2) is 24.3 Å². The van der Waals surface area contributed by atoms with E-state index in [0.29, 0.717) is 0 Å². The van der Waals surface area contributed by atoms with Crippen molar-refractivity contribution in [2.75, 3.05) is 18.0 Å². The van der Waals surface area contributed by atoms with Crippen molar-refractivity contribution in [2.24, 2.45) is 0 Å². The van der Waals surface area contributed by atoms with Crippen molar-refractivity contribution in [1.29, 1.82) is 0 Å². The molecule has 1 aromatic rings. The fraction of sp³-hybridized carbons (Fsp3) is 0.417. The second kappa shape index (κ2) is 4.28. The summed E-state index contributed by atoms with van der Waals surface area (Å²) in [6.45, 7) is 3.87. The Labute approximate surface area is 90.0 Å². The maximum absolute atomic E-state index is 8.72. The Bertz CT molecular complexity index is 405. The molecule has 1 aliphatic rings. The zero-order chi connectivity index (χ0) is 10.7. The number of rotatable bonds is 2. The number of anilines is 1. The number of aryl methyl sites for hydroxylation is 1. The van der Waals surface area contributed by atoms with Crippen LogP contribution in [0.3, 0.4) is 0 Å². The van der Waals surface area contributed by atoms with Crippen LogP contribution in [-0.2, 0) is 6.42 Å². The highest BCUT2D eigenvalue weighted by atomic mass is 15.2. The Morgan fingerprint density at radius 2 is 2.20 bits per heavy atom. The zero-order valence-electron chi connectivity index (χ0n) is 8.98. The van der Waals surface area contributed by atoms with E-state index in [0.717, 1.165) is 31.6 Å². The number of nitrogens with zero attached hydrogens (tertiary/aromatic N) is 3. The van der Waals surface area contributed by atoms with Crippen LogP contribution in [0.5, 0.6) is 0 Å². The maximum atomic E-state index is 8.72. The standard InChI is InChI=1S/C12H15N3/c1-2-10-5-3-4-6-12(10)15-8-7-11(9-15)14-13/h3-6H,2,7-9H2,1H3. The summed E-state index contributed by atoms with van der Waals surface area (Å²) in [6.07, 6.45) is 1.91. The van der Waals surface area contributed by atoms with E-state index in [9.17, 15) is 0 Å². The fourth-order valence-electron chi connectivity index (χ4n) is 2.05. The Morgan fingerprint density at radius 3 is 2.87 bits per heavy atom. The van der Waals surface area contributed by atoms with E-state index in [1.165, 1.54) is 11.3 Å². The molecular formula is C12H15N3. The molecule has 0 saturated carbocycles. The molecule has 78 valence electrons. The van der Waals surface area contributed by atoms with E-state index < -0.39 is 0 Å². The topological polar surface area (TPSA) is 39.6 Å². The minimum absolute atomic E-state index is 0.757. The van der Waals surface area contributed by atoms with Crippen LogP contribution < -0.4 is 4.90 Å². The number of para-hydroxylation sites is 1. The van der Waals surface area contributed by atoms with Gasteiger partial charge in [-0.05, 0) is 18.1 Å². The molecule has 0 spiro atoms. The average Bonchev–Trinajstić information content (AvgIpc) is 2.77. The minimum atomic E-state index is 0.757. The third-order valence-corrected chi connectivity index (χ3v) is 2.90. The number of hydrogen-bond acceptors (Lipinski definition) is 1. The van der Waals surface area contributed by atoms with Crippen molar-refractivity contribution < 1.29 is 4.79 Å². The van der Waals surface area contributed by atoms with Crippen LogP contribution in [0, 0.1) is 0 Å². The summed E-state index contributed by atoms with van der Waals surface area (Å²) in [6, 6.07) is 8.42. The van der Waals surface area contributed by atoms with E-state index in [4.69, 9.17) is 5.53 Å². The summed E-state index contributed by atoms with van der Waals surface area (Å²) in [5.74, 6) is 0. The summed E-state index contributed by atoms with van der Waals surface area (Å²) >= 11 is 0. The van der Waals surface area contributed by atoms with Crippen LogP contribution in [0.4, 0.5) is 5.69 Å². The molecule has 0 aromatic heterocycles. The normalized spacial score (nSPS) is 15.5. The second-order valence-electron chi connectivity index (χ2n) is 3.82. The lowest BCUT2D eigenvalue weighted by molar-refractivity contribution is -0.00787. The van der Waals surface area contributed by atoms with Gasteiger partial charge < -0.3 is 10.4 Å². The molecule has 0 bridgehead atoms. The van der Waals surface area contributed by atoms with E-state index in [1.807, 2.05) is 0 Å². The third-order valence-electron chi connectivity index (χ3n) is 2.90. The number of hydrogen-bond donors (Lipinski definition) is 0. The molecule has 1 saturated heterocycles. The smallest absolute Gasteiger partial charge is 0.289 e. The van der Waals surface area contributed by atoms with Crippen molar-refractivity contribution in [3.63, 3.8) is 0 Å². The first-order chi connectivity index (χ1) is 7.35. The molecule has 1 fully saturated rings. The Hall–Kier alpha value is -1.60. The van der Waals surface area contributed by atoms with Crippen LogP contribution in [0.25, 0.3) is 5.53 Å². The largest absolute Gasteiger partial charge is 0.362 e. The maximum Gasteiger partial charge on any atom is 0.289 e. The highest BCUT2D eigenvalue weighted by Gasteiger charge is 2.24. The molecule has 0 aliphatic carbocycles. The van der Waals surface area contributed by atoms with E-state index >= 15 is 0 Å². The molecule has 0 amide bonds. The van der Waals surface area contributed by atoms with Crippen molar-refractivity contribution in [3.8, 4) is 0 Å². The monoisotopic (exact) mass is 201 g/mol. The molecule has 15 heavy (non-hydrogen) atoms. The summed E-state index contributed by atoms with van der Waals surface area (Å²) < 4.78 is 0. The van der Waals surface area contributed by atoms with Crippen molar-refractivity contribution in [3.05, 3.63) is 35.4 Å². The molecule has 0 N–H and O–H groups in total. The summed E-state index contributed by atoms with van der Waals surface area (Å²) in [5, 5.41) is 0. The molecule has 0 atom stereocenters. The van der Waals surface area contributed by atoms with Gasteiger partial charge in [-0.15, -0.1) is 0 Å². The van der Waals surface area contributed by atoms with Crippen LogP contribution in [-0.4, -0.2) is 23.6 Å². The highest BCUT2D eigenvalue weighted by Crippen LogP contribution is 2.23. The van der Waals surface area contributed by atoms with E-state index in [1.54, 1.807) is 0 Å². The molecule has 1 heterocycles. The summed E-state index contributed by atoms with van der Waals surface area (Å²) in [5.41, 5.74) is 12.2. The van der Waals surface area contributed by atoms with Crippen molar-refractivity contribution in [2.45, 2.75) is 19.8 Å². The number of benzene rings is 1. The summed E-state index contributed by atoms with van der Waals surface area (Å²) in [7, 11) is 0. The Balaban J connectivity index is 2.27. The SMILES string of the molecule is CCc1ccccc1N1CCC(=[N+]=[N-])C1. The summed E-state index contributed by atoms with van der Waals surface area (Å²) in [4.78, 5) is 5.57. The molecular weight excluding hydrogens is 186 g/mol. The van der Waals surface area contributed by atoms with Gasteiger partial charge in [0.15, 0.2) is 0 Å². The molecule has 0 radical (unpaired) electrons. The first-order valence-corrected chi connectivity index (χ1v) is 5.37. The van der Waals surface area contributed by atoms with Gasteiger partial charge in [0.25, 0.3) is 5.71 Å². The average molecular weight is 201 g/mol.